The van der Waals surface area contributed by atoms with Crippen LogP contribution in [0.5, 0.6) is 0 Å². The summed E-state index contributed by atoms with van der Waals surface area (Å²) in [5.74, 6) is 0. The Morgan fingerprint density at radius 2 is 2.11 bits per heavy atom. The van der Waals surface area contributed by atoms with Crippen molar-refractivity contribution >= 4 is 6.29 Å². The maximum Gasteiger partial charge on any atom is 0.127 e. The summed E-state index contributed by atoms with van der Waals surface area (Å²) in [5, 5.41) is 0. The van der Waals surface area contributed by atoms with Gasteiger partial charge >= 0.3 is 0 Å². The number of aldehydes is 1. The molecule has 0 bridgehead atoms. The van der Waals surface area contributed by atoms with Gasteiger partial charge in [0.15, 0.2) is 0 Å². The third-order valence-electron chi connectivity index (χ3n) is 4.97. The Bertz CT molecular complexity index is 294. The molecule has 0 N–H and O–H groups in total. The molecule has 2 aliphatic heterocycles. The molecule has 0 aromatic heterocycles. The molecule has 0 aromatic carbocycles. The van der Waals surface area contributed by atoms with E-state index >= 15 is 0 Å². The van der Waals surface area contributed by atoms with Gasteiger partial charge in [-0.1, -0.05) is 20.3 Å². The molecule has 104 valence electrons. The van der Waals surface area contributed by atoms with E-state index in [1.54, 1.807) is 0 Å². The van der Waals surface area contributed by atoms with Gasteiger partial charge in [-0.05, 0) is 32.7 Å². The zero-order valence-electron chi connectivity index (χ0n) is 12.2. The first kappa shape index (κ1) is 14.0. The quantitative estimate of drug-likeness (QED) is 0.716. The lowest BCUT2D eigenvalue weighted by molar-refractivity contribution is -0.117. The number of piperidine rings is 1. The van der Waals surface area contributed by atoms with E-state index in [1.807, 2.05) is 0 Å². The van der Waals surface area contributed by atoms with Crippen LogP contribution in [-0.2, 0) is 4.79 Å². The molecule has 2 heterocycles. The predicted molar refractivity (Wildman–Crippen MR) is 74.7 cm³/mol. The summed E-state index contributed by atoms with van der Waals surface area (Å²) >= 11 is 0. The van der Waals surface area contributed by atoms with E-state index in [1.165, 1.54) is 32.4 Å². The first-order valence-electron chi connectivity index (χ1n) is 7.52. The Hall–Kier alpha value is -0.410. The second-order valence-corrected chi connectivity index (χ2v) is 6.55. The van der Waals surface area contributed by atoms with Gasteiger partial charge in [0.25, 0.3) is 0 Å². The van der Waals surface area contributed by atoms with Crippen molar-refractivity contribution < 1.29 is 4.79 Å². The molecule has 0 spiro atoms. The second-order valence-electron chi connectivity index (χ2n) is 6.55. The van der Waals surface area contributed by atoms with Crippen molar-refractivity contribution in [1.29, 1.82) is 0 Å². The fraction of sp³-hybridized carbons (Fsp3) is 0.933. The number of carbonyl (C=O) groups excluding carboxylic acids is 1. The molecule has 2 rings (SSSR count). The minimum Gasteiger partial charge on any atom is -0.303 e. The van der Waals surface area contributed by atoms with Crippen molar-refractivity contribution in [3.05, 3.63) is 0 Å². The summed E-state index contributed by atoms with van der Waals surface area (Å²) in [5.41, 5.74) is -0.162. The van der Waals surface area contributed by atoms with Gasteiger partial charge in [-0.25, -0.2) is 0 Å². The van der Waals surface area contributed by atoms with Crippen molar-refractivity contribution in [2.45, 2.75) is 58.5 Å². The SMILES string of the molecule is CCC(C)(C=O)CN1CC2CCCCN2CC1C. The van der Waals surface area contributed by atoms with E-state index in [0.29, 0.717) is 6.04 Å². The highest BCUT2D eigenvalue weighted by Gasteiger charge is 2.35. The van der Waals surface area contributed by atoms with Gasteiger partial charge in [-0.2, -0.15) is 0 Å². The standard InChI is InChI=1S/C15H28N2O/c1-4-15(3,12-18)11-17-10-14-7-5-6-8-16(14)9-13(17)2/h12-14H,4-11H2,1-3H3. The zero-order valence-corrected chi connectivity index (χ0v) is 12.2. The van der Waals surface area contributed by atoms with Gasteiger partial charge in [0.1, 0.15) is 6.29 Å². The summed E-state index contributed by atoms with van der Waals surface area (Å²) in [6.45, 7) is 11.1. The van der Waals surface area contributed by atoms with Crippen molar-refractivity contribution in [3.8, 4) is 0 Å². The van der Waals surface area contributed by atoms with Crippen LogP contribution in [-0.4, -0.2) is 54.3 Å². The molecular formula is C15H28N2O. The van der Waals surface area contributed by atoms with E-state index in [2.05, 4.69) is 30.6 Å². The number of carbonyl (C=O) groups is 1. The van der Waals surface area contributed by atoms with Crippen molar-refractivity contribution in [2.75, 3.05) is 26.2 Å². The van der Waals surface area contributed by atoms with Crippen LogP contribution in [0.25, 0.3) is 0 Å². The molecular weight excluding hydrogens is 224 g/mol. The van der Waals surface area contributed by atoms with E-state index in [4.69, 9.17) is 0 Å². The van der Waals surface area contributed by atoms with E-state index < -0.39 is 0 Å². The van der Waals surface area contributed by atoms with Gasteiger partial charge in [0, 0.05) is 37.1 Å². The molecule has 0 radical (unpaired) electrons. The highest BCUT2D eigenvalue weighted by Crippen LogP contribution is 2.27. The number of piperazine rings is 1. The summed E-state index contributed by atoms with van der Waals surface area (Å²) in [7, 11) is 0. The van der Waals surface area contributed by atoms with Crippen LogP contribution in [0.3, 0.4) is 0 Å². The smallest absolute Gasteiger partial charge is 0.127 e. The lowest BCUT2D eigenvalue weighted by Gasteiger charge is -2.49. The van der Waals surface area contributed by atoms with Gasteiger partial charge in [0.05, 0.1) is 0 Å². The molecule has 2 saturated heterocycles. The van der Waals surface area contributed by atoms with Crippen LogP contribution in [0.2, 0.25) is 0 Å². The maximum absolute atomic E-state index is 11.3. The molecule has 0 aromatic rings. The molecule has 0 amide bonds. The van der Waals surface area contributed by atoms with Gasteiger partial charge in [-0.3, -0.25) is 9.80 Å². The highest BCUT2D eigenvalue weighted by atomic mass is 16.1. The van der Waals surface area contributed by atoms with Crippen LogP contribution in [0.4, 0.5) is 0 Å². The molecule has 3 nitrogen and oxygen atoms in total. The van der Waals surface area contributed by atoms with E-state index in [-0.39, 0.29) is 5.41 Å². The molecule has 18 heavy (non-hydrogen) atoms. The van der Waals surface area contributed by atoms with Gasteiger partial charge < -0.3 is 4.79 Å². The summed E-state index contributed by atoms with van der Waals surface area (Å²) in [6.07, 6.45) is 6.18. The number of fused-ring (bicyclic) bond motifs is 1. The summed E-state index contributed by atoms with van der Waals surface area (Å²) in [4.78, 5) is 16.5. The van der Waals surface area contributed by atoms with Crippen molar-refractivity contribution in [3.63, 3.8) is 0 Å². The van der Waals surface area contributed by atoms with Crippen LogP contribution in [0.1, 0.15) is 46.5 Å². The topological polar surface area (TPSA) is 23.6 Å². The Balaban J connectivity index is 1.98. The molecule has 2 aliphatic rings. The minimum absolute atomic E-state index is 0.162. The third kappa shape index (κ3) is 2.94. The average molecular weight is 252 g/mol. The highest BCUT2D eigenvalue weighted by molar-refractivity contribution is 5.58. The zero-order chi connectivity index (χ0) is 13.2. The van der Waals surface area contributed by atoms with E-state index in [0.717, 1.165) is 31.8 Å². The molecule has 2 fully saturated rings. The number of rotatable bonds is 4. The Morgan fingerprint density at radius 1 is 1.33 bits per heavy atom. The maximum atomic E-state index is 11.3. The van der Waals surface area contributed by atoms with Crippen LogP contribution in [0, 0.1) is 5.41 Å². The van der Waals surface area contributed by atoms with Crippen molar-refractivity contribution in [1.82, 2.24) is 9.80 Å². The van der Waals surface area contributed by atoms with Gasteiger partial charge in [-0.15, -0.1) is 0 Å². The largest absolute Gasteiger partial charge is 0.303 e. The lowest BCUT2D eigenvalue weighted by Crippen LogP contribution is -2.60. The van der Waals surface area contributed by atoms with Crippen LogP contribution < -0.4 is 0 Å². The fourth-order valence-electron chi connectivity index (χ4n) is 3.33. The Kier molecular flexibility index (Phi) is 4.44. The number of hydrogen-bond donors (Lipinski definition) is 0. The minimum atomic E-state index is -0.162. The molecule has 3 atom stereocenters. The monoisotopic (exact) mass is 252 g/mol. The first-order chi connectivity index (χ1) is 8.58. The first-order valence-corrected chi connectivity index (χ1v) is 7.52. The number of nitrogens with zero attached hydrogens (tertiary/aromatic N) is 2. The Morgan fingerprint density at radius 3 is 2.78 bits per heavy atom. The predicted octanol–water partition coefficient (Wildman–Crippen LogP) is 2.16. The fourth-order valence-corrected chi connectivity index (χ4v) is 3.33. The third-order valence-corrected chi connectivity index (χ3v) is 4.97. The molecule has 0 saturated carbocycles. The number of hydrogen-bond acceptors (Lipinski definition) is 3. The Labute approximate surface area is 112 Å². The summed E-state index contributed by atoms with van der Waals surface area (Å²) < 4.78 is 0. The molecule has 3 unspecified atom stereocenters. The average Bonchev–Trinajstić information content (AvgIpc) is 2.39. The van der Waals surface area contributed by atoms with Crippen LogP contribution >= 0.6 is 0 Å². The van der Waals surface area contributed by atoms with Gasteiger partial charge in [0.2, 0.25) is 0 Å². The molecule has 3 heteroatoms. The van der Waals surface area contributed by atoms with Crippen molar-refractivity contribution in [2.24, 2.45) is 5.41 Å². The molecule has 0 aliphatic carbocycles. The second kappa shape index (κ2) is 5.70. The lowest BCUT2D eigenvalue weighted by atomic mass is 9.87. The van der Waals surface area contributed by atoms with E-state index in [9.17, 15) is 4.79 Å². The van der Waals surface area contributed by atoms with Crippen LogP contribution in [0.15, 0.2) is 0 Å². The normalized spacial score (nSPS) is 33.7. The summed E-state index contributed by atoms with van der Waals surface area (Å²) in [6, 6.07) is 1.33.